The summed E-state index contributed by atoms with van der Waals surface area (Å²) in [5.41, 5.74) is 0.688. The molecule has 9 nitrogen and oxygen atoms in total. The zero-order valence-corrected chi connectivity index (χ0v) is 27.4. The van der Waals surface area contributed by atoms with Crippen LogP contribution in [0.25, 0.3) is 0 Å². The summed E-state index contributed by atoms with van der Waals surface area (Å²) in [6, 6.07) is 12.8. The van der Waals surface area contributed by atoms with E-state index in [4.69, 9.17) is 29.1 Å². The van der Waals surface area contributed by atoms with Crippen LogP contribution in [-0.4, -0.2) is 50.9 Å². The van der Waals surface area contributed by atoms with Crippen LogP contribution in [0.15, 0.2) is 55.1 Å². The minimum absolute atomic E-state index is 0.128. The highest BCUT2D eigenvalue weighted by atomic mass is 16.5. The second kappa shape index (κ2) is 19.5. The van der Waals surface area contributed by atoms with Gasteiger partial charge in [0.25, 0.3) is 0 Å². The van der Waals surface area contributed by atoms with Gasteiger partial charge in [-0.05, 0) is 131 Å². The summed E-state index contributed by atoms with van der Waals surface area (Å²) in [4.78, 5) is 34.8. The quantitative estimate of drug-likeness (QED) is 0.0415. The molecule has 0 amide bonds. The number of hydrogen-bond donors (Lipinski definition) is 1. The van der Waals surface area contributed by atoms with E-state index in [0.29, 0.717) is 61.1 Å². The van der Waals surface area contributed by atoms with Crippen LogP contribution in [0, 0.1) is 29.1 Å². The first-order valence-electron chi connectivity index (χ1n) is 17.1. The van der Waals surface area contributed by atoms with Crippen molar-refractivity contribution in [2.45, 2.75) is 77.0 Å². The van der Waals surface area contributed by atoms with E-state index < -0.39 is 0 Å². The van der Waals surface area contributed by atoms with E-state index >= 15 is 0 Å². The third kappa shape index (κ3) is 12.2. The maximum Gasteiger partial charge on any atom is 0.330 e. The zero-order valence-electron chi connectivity index (χ0n) is 27.4. The molecule has 1 N–H and O–H groups in total. The fourth-order valence-corrected chi connectivity index (χ4v) is 6.12. The minimum atomic E-state index is -0.386. The van der Waals surface area contributed by atoms with Gasteiger partial charge in [0.2, 0.25) is 0 Å². The highest BCUT2D eigenvalue weighted by Gasteiger charge is 2.28. The fraction of sp³-hybridized carbons (Fsp3) is 0.526. The molecule has 0 aliphatic heterocycles. The van der Waals surface area contributed by atoms with Gasteiger partial charge in [0.05, 0.1) is 32.3 Å². The summed E-state index contributed by atoms with van der Waals surface area (Å²) >= 11 is 0. The molecule has 47 heavy (non-hydrogen) atoms. The molecule has 2 aliphatic rings. The Morgan fingerprint density at radius 1 is 0.745 bits per heavy atom. The predicted molar refractivity (Wildman–Crippen MR) is 179 cm³/mol. The van der Waals surface area contributed by atoms with Gasteiger partial charge in [-0.3, -0.25) is 4.79 Å². The first-order valence-corrected chi connectivity index (χ1v) is 17.1. The summed E-state index contributed by atoms with van der Waals surface area (Å²) in [7, 11) is 0. The van der Waals surface area contributed by atoms with E-state index in [1.807, 2.05) is 30.3 Å². The van der Waals surface area contributed by atoms with Gasteiger partial charge in [0.15, 0.2) is 0 Å². The molecular formula is C38H49NO8. The van der Waals surface area contributed by atoms with Crippen molar-refractivity contribution in [1.82, 2.24) is 0 Å². The average Bonchev–Trinajstić information content (AvgIpc) is 3.12. The summed E-state index contributed by atoms with van der Waals surface area (Å²) < 4.78 is 28.6. The number of nitrogens with one attached hydrogen (secondary N) is 1. The van der Waals surface area contributed by atoms with Crippen molar-refractivity contribution >= 4 is 24.4 Å². The lowest BCUT2D eigenvalue weighted by Crippen LogP contribution is -2.27. The van der Waals surface area contributed by atoms with Crippen molar-refractivity contribution in [3.8, 4) is 23.0 Å². The first-order chi connectivity index (χ1) is 23.0. The van der Waals surface area contributed by atoms with Crippen LogP contribution in [0.2, 0.25) is 0 Å². The summed E-state index contributed by atoms with van der Waals surface area (Å²) in [6.45, 7) is 5.53. The van der Waals surface area contributed by atoms with Crippen LogP contribution in [0.4, 0.5) is 0 Å². The molecule has 9 heteroatoms. The van der Waals surface area contributed by atoms with E-state index in [0.717, 1.165) is 89.1 Å². The Balaban J connectivity index is 1.09. The Hall–Kier alpha value is -4.14. The predicted octanol–water partition coefficient (Wildman–Crippen LogP) is 7.53. The largest absolute Gasteiger partial charge is 0.494 e. The lowest BCUT2D eigenvalue weighted by atomic mass is 9.82. The van der Waals surface area contributed by atoms with Crippen molar-refractivity contribution < 1.29 is 38.1 Å². The fourth-order valence-electron chi connectivity index (χ4n) is 6.12. The van der Waals surface area contributed by atoms with Crippen LogP contribution in [-0.2, 0) is 19.1 Å². The SMILES string of the molecule is C=CC(=O)OCCCCCCOc1ccc(OC(=O)C2CCC(COc3ccc(OCC4CCC(C=O)CC4)c(C=N)c3)CC2)cc1. The smallest absolute Gasteiger partial charge is 0.330 e. The van der Waals surface area contributed by atoms with Gasteiger partial charge in [-0.15, -0.1) is 0 Å². The van der Waals surface area contributed by atoms with E-state index in [-0.39, 0.29) is 23.8 Å². The number of aldehydes is 1. The molecule has 0 unspecified atom stereocenters. The topological polar surface area (TPSA) is 121 Å². The minimum Gasteiger partial charge on any atom is -0.494 e. The molecule has 2 aliphatic carbocycles. The lowest BCUT2D eigenvalue weighted by Gasteiger charge is -2.27. The molecular weight excluding hydrogens is 598 g/mol. The van der Waals surface area contributed by atoms with Gasteiger partial charge < -0.3 is 33.9 Å². The molecule has 0 heterocycles. The van der Waals surface area contributed by atoms with Gasteiger partial charge in [0.1, 0.15) is 29.3 Å². The number of esters is 2. The van der Waals surface area contributed by atoms with E-state index in [9.17, 15) is 14.4 Å². The molecule has 0 aromatic heterocycles. The molecule has 0 radical (unpaired) electrons. The zero-order chi connectivity index (χ0) is 33.3. The highest BCUT2D eigenvalue weighted by molar-refractivity contribution is 5.82. The van der Waals surface area contributed by atoms with Crippen LogP contribution < -0.4 is 18.9 Å². The van der Waals surface area contributed by atoms with Gasteiger partial charge in [-0.2, -0.15) is 0 Å². The second-order valence-corrected chi connectivity index (χ2v) is 12.6. The van der Waals surface area contributed by atoms with Crippen molar-refractivity contribution in [3.63, 3.8) is 0 Å². The Labute approximate surface area is 278 Å². The van der Waals surface area contributed by atoms with Crippen molar-refractivity contribution in [3.05, 3.63) is 60.7 Å². The van der Waals surface area contributed by atoms with Gasteiger partial charge in [-0.25, -0.2) is 4.79 Å². The van der Waals surface area contributed by atoms with E-state index in [1.165, 1.54) is 12.3 Å². The molecule has 4 rings (SSSR count). The standard InChI is InChI=1S/C38H49NO8/c1-2-37(41)44-22-6-4-3-5-21-43-33-15-17-34(18-16-33)47-38(42)31-13-11-30(12-14-31)26-45-35-19-20-36(32(23-35)24-39)46-27-29-9-7-28(25-40)8-10-29/h2,15-20,23-25,28-31,39H,1,3-14,21-22,26-27H2. The molecule has 0 atom stereocenters. The third-order valence-electron chi connectivity index (χ3n) is 9.12. The molecule has 2 fully saturated rings. The Morgan fingerprint density at radius 2 is 1.36 bits per heavy atom. The number of unbranched alkanes of at least 4 members (excludes halogenated alkanes) is 3. The second-order valence-electron chi connectivity index (χ2n) is 12.6. The third-order valence-corrected chi connectivity index (χ3v) is 9.12. The number of rotatable bonds is 19. The highest BCUT2D eigenvalue weighted by Crippen LogP contribution is 2.33. The number of hydrogen-bond acceptors (Lipinski definition) is 9. The first kappa shape index (κ1) is 35.7. The molecule has 0 bridgehead atoms. The van der Waals surface area contributed by atoms with Gasteiger partial charge in [-0.1, -0.05) is 6.58 Å². The summed E-state index contributed by atoms with van der Waals surface area (Å²) in [5.74, 6) is 2.91. The number of benzene rings is 2. The maximum atomic E-state index is 12.8. The Kier molecular flexibility index (Phi) is 14.8. The van der Waals surface area contributed by atoms with E-state index in [1.54, 1.807) is 12.1 Å². The molecule has 2 saturated carbocycles. The molecule has 254 valence electrons. The maximum absolute atomic E-state index is 12.8. The van der Waals surface area contributed by atoms with Crippen LogP contribution in [0.5, 0.6) is 23.0 Å². The normalized spacial score (nSPS) is 20.8. The van der Waals surface area contributed by atoms with Crippen molar-refractivity contribution in [2.75, 3.05) is 26.4 Å². The Bertz CT molecular complexity index is 1290. The van der Waals surface area contributed by atoms with Crippen molar-refractivity contribution in [1.29, 1.82) is 5.41 Å². The van der Waals surface area contributed by atoms with Crippen LogP contribution in [0.1, 0.15) is 82.6 Å². The Morgan fingerprint density at radius 3 is 2.02 bits per heavy atom. The average molecular weight is 648 g/mol. The molecule has 2 aromatic carbocycles. The summed E-state index contributed by atoms with van der Waals surface area (Å²) in [6.07, 6.45) is 14.3. The molecule has 0 spiro atoms. The number of carbonyl (C=O) groups excluding carboxylic acids is 3. The lowest BCUT2D eigenvalue weighted by molar-refractivity contribution is -0.140. The molecule has 2 aromatic rings. The van der Waals surface area contributed by atoms with Crippen LogP contribution >= 0.6 is 0 Å². The van der Waals surface area contributed by atoms with Gasteiger partial charge in [0, 0.05) is 23.8 Å². The van der Waals surface area contributed by atoms with Crippen molar-refractivity contribution in [2.24, 2.45) is 23.7 Å². The molecule has 0 saturated heterocycles. The van der Waals surface area contributed by atoms with E-state index in [2.05, 4.69) is 6.58 Å². The number of ether oxygens (including phenoxy) is 5. The monoisotopic (exact) mass is 647 g/mol. The van der Waals surface area contributed by atoms with Crippen LogP contribution in [0.3, 0.4) is 0 Å². The summed E-state index contributed by atoms with van der Waals surface area (Å²) in [5, 5.41) is 7.85. The number of carbonyl (C=O) groups is 3. The van der Waals surface area contributed by atoms with Gasteiger partial charge >= 0.3 is 11.9 Å².